The zero-order chi connectivity index (χ0) is 21.6. The van der Waals surface area contributed by atoms with Crippen molar-refractivity contribution in [2.24, 2.45) is 0 Å². The SMILES string of the molecule is C[C@@H](NC(=O)COC(=O)Cc1ccc(-c2ccccc2)cc1)c1ccc2c(c1)OCO2. The molecule has 6 heteroatoms. The Labute approximate surface area is 180 Å². The van der Waals surface area contributed by atoms with Crippen molar-refractivity contribution in [1.82, 2.24) is 5.32 Å². The molecule has 0 aliphatic carbocycles. The van der Waals surface area contributed by atoms with E-state index in [1.807, 2.05) is 79.7 Å². The number of esters is 1. The normalized spacial score (nSPS) is 12.8. The van der Waals surface area contributed by atoms with Crippen LogP contribution < -0.4 is 14.8 Å². The number of rotatable bonds is 7. The van der Waals surface area contributed by atoms with E-state index in [1.54, 1.807) is 0 Å². The van der Waals surface area contributed by atoms with Crippen LogP contribution in [0, 0.1) is 0 Å². The Morgan fingerprint density at radius 3 is 2.42 bits per heavy atom. The molecule has 0 unspecified atom stereocenters. The van der Waals surface area contributed by atoms with Gasteiger partial charge in [0.1, 0.15) is 0 Å². The van der Waals surface area contributed by atoms with Crippen LogP contribution in [-0.4, -0.2) is 25.3 Å². The number of hydrogen-bond donors (Lipinski definition) is 1. The van der Waals surface area contributed by atoms with Crippen LogP contribution in [-0.2, 0) is 20.7 Å². The molecular weight excluding hydrogens is 394 g/mol. The van der Waals surface area contributed by atoms with Gasteiger partial charge in [-0.2, -0.15) is 0 Å². The van der Waals surface area contributed by atoms with Crippen LogP contribution in [0.4, 0.5) is 0 Å². The lowest BCUT2D eigenvalue weighted by atomic mass is 10.0. The van der Waals surface area contributed by atoms with Gasteiger partial charge in [0.05, 0.1) is 12.5 Å². The highest BCUT2D eigenvalue weighted by molar-refractivity contribution is 5.81. The lowest BCUT2D eigenvalue weighted by molar-refractivity contribution is -0.148. The third kappa shape index (κ3) is 5.22. The van der Waals surface area contributed by atoms with Gasteiger partial charge in [-0.1, -0.05) is 60.7 Å². The first-order valence-electron chi connectivity index (χ1n) is 10.1. The third-order valence-corrected chi connectivity index (χ3v) is 5.05. The van der Waals surface area contributed by atoms with Crippen LogP contribution >= 0.6 is 0 Å². The van der Waals surface area contributed by atoms with Gasteiger partial charge in [0.2, 0.25) is 6.79 Å². The maximum atomic E-state index is 12.2. The summed E-state index contributed by atoms with van der Waals surface area (Å²) in [5.41, 5.74) is 3.90. The topological polar surface area (TPSA) is 73.9 Å². The number of amides is 1. The molecule has 1 N–H and O–H groups in total. The largest absolute Gasteiger partial charge is 0.455 e. The van der Waals surface area contributed by atoms with Crippen LogP contribution in [0.15, 0.2) is 72.8 Å². The highest BCUT2D eigenvalue weighted by Gasteiger charge is 2.17. The molecule has 3 aromatic rings. The summed E-state index contributed by atoms with van der Waals surface area (Å²) in [4.78, 5) is 24.3. The second-order valence-corrected chi connectivity index (χ2v) is 7.30. The fraction of sp³-hybridized carbons (Fsp3) is 0.200. The fourth-order valence-corrected chi connectivity index (χ4v) is 3.36. The van der Waals surface area contributed by atoms with Gasteiger partial charge in [0, 0.05) is 0 Å². The summed E-state index contributed by atoms with van der Waals surface area (Å²) in [7, 11) is 0. The molecule has 0 saturated carbocycles. The molecular formula is C25H23NO5. The molecule has 1 heterocycles. The Bertz CT molecular complexity index is 1060. The summed E-state index contributed by atoms with van der Waals surface area (Å²) in [6.07, 6.45) is 0.111. The maximum absolute atomic E-state index is 12.2. The van der Waals surface area contributed by atoms with E-state index in [9.17, 15) is 9.59 Å². The number of fused-ring (bicyclic) bond motifs is 1. The molecule has 0 saturated heterocycles. The molecule has 4 rings (SSSR count). The maximum Gasteiger partial charge on any atom is 0.310 e. The number of ether oxygens (including phenoxy) is 3. The zero-order valence-electron chi connectivity index (χ0n) is 17.2. The van der Waals surface area contributed by atoms with Gasteiger partial charge in [-0.25, -0.2) is 0 Å². The minimum atomic E-state index is -0.446. The number of carbonyl (C=O) groups is 2. The monoisotopic (exact) mass is 417 g/mol. The van der Waals surface area contributed by atoms with E-state index < -0.39 is 5.97 Å². The van der Waals surface area contributed by atoms with E-state index in [0.29, 0.717) is 11.5 Å². The molecule has 1 aliphatic rings. The number of benzene rings is 3. The molecule has 3 aromatic carbocycles. The second kappa shape index (κ2) is 9.34. The van der Waals surface area contributed by atoms with Crippen molar-refractivity contribution in [3.8, 4) is 22.6 Å². The Morgan fingerprint density at radius 2 is 1.65 bits per heavy atom. The molecule has 0 fully saturated rings. The molecule has 31 heavy (non-hydrogen) atoms. The minimum absolute atomic E-state index is 0.111. The van der Waals surface area contributed by atoms with Gasteiger partial charge < -0.3 is 19.5 Å². The van der Waals surface area contributed by atoms with Crippen molar-refractivity contribution in [2.75, 3.05) is 13.4 Å². The van der Waals surface area contributed by atoms with Crippen LogP contribution in [0.2, 0.25) is 0 Å². The predicted molar refractivity (Wildman–Crippen MR) is 116 cm³/mol. The van der Waals surface area contributed by atoms with E-state index in [1.165, 1.54) is 0 Å². The first kappa shape index (κ1) is 20.5. The van der Waals surface area contributed by atoms with Crippen LogP contribution in [0.5, 0.6) is 11.5 Å². The Balaban J connectivity index is 1.24. The fourth-order valence-electron chi connectivity index (χ4n) is 3.36. The highest BCUT2D eigenvalue weighted by Crippen LogP contribution is 2.34. The second-order valence-electron chi connectivity index (χ2n) is 7.30. The number of carbonyl (C=O) groups excluding carboxylic acids is 2. The van der Waals surface area contributed by atoms with Crippen molar-refractivity contribution in [3.63, 3.8) is 0 Å². The van der Waals surface area contributed by atoms with Gasteiger partial charge >= 0.3 is 5.97 Å². The average Bonchev–Trinajstić information content (AvgIpc) is 3.27. The molecule has 1 amide bonds. The molecule has 158 valence electrons. The molecule has 0 aromatic heterocycles. The first-order chi connectivity index (χ1) is 15.1. The summed E-state index contributed by atoms with van der Waals surface area (Å²) < 4.78 is 15.8. The van der Waals surface area contributed by atoms with Gasteiger partial charge in [-0.15, -0.1) is 0 Å². The van der Waals surface area contributed by atoms with Crippen LogP contribution in [0.3, 0.4) is 0 Å². The number of nitrogens with one attached hydrogen (secondary N) is 1. The Morgan fingerprint density at radius 1 is 0.935 bits per heavy atom. The quantitative estimate of drug-likeness (QED) is 0.587. The van der Waals surface area contributed by atoms with Gasteiger partial charge in [-0.3, -0.25) is 9.59 Å². The predicted octanol–water partition coefficient (Wildman–Crippen LogP) is 4.05. The van der Waals surface area contributed by atoms with Gasteiger partial charge in [0.15, 0.2) is 18.1 Å². The van der Waals surface area contributed by atoms with E-state index >= 15 is 0 Å². The summed E-state index contributed by atoms with van der Waals surface area (Å²) >= 11 is 0. The molecule has 1 aliphatic heterocycles. The zero-order valence-corrected chi connectivity index (χ0v) is 17.2. The van der Waals surface area contributed by atoms with Gasteiger partial charge in [0.25, 0.3) is 5.91 Å². The standard InChI is InChI=1S/C25H23NO5/c1-17(21-11-12-22-23(14-21)31-16-30-22)26-24(27)15-29-25(28)13-18-7-9-20(10-8-18)19-5-3-2-4-6-19/h2-12,14,17H,13,15-16H2,1H3,(H,26,27)/t17-/m1/s1. The Kier molecular flexibility index (Phi) is 6.17. The smallest absolute Gasteiger partial charge is 0.310 e. The van der Waals surface area contributed by atoms with Crippen molar-refractivity contribution in [2.45, 2.75) is 19.4 Å². The summed E-state index contributed by atoms with van der Waals surface area (Å²) in [6, 6.07) is 23.0. The molecule has 0 bridgehead atoms. The van der Waals surface area contributed by atoms with E-state index in [4.69, 9.17) is 14.2 Å². The van der Waals surface area contributed by atoms with Gasteiger partial charge in [-0.05, 0) is 41.3 Å². The first-order valence-corrected chi connectivity index (χ1v) is 10.1. The molecule has 6 nitrogen and oxygen atoms in total. The molecule has 1 atom stereocenters. The summed E-state index contributed by atoms with van der Waals surface area (Å²) in [5, 5.41) is 2.82. The highest BCUT2D eigenvalue weighted by atomic mass is 16.7. The van der Waals surface area contributed by atoms with E-state index in [2.05, 4.69) is 5.32 Å². The van der Waals surface area contributed by atoms with E-state index in [0.717, 1.165) is 22.3 Å². The lowest BCUT2D eigenvalue weighted by Crippen LogP contribution is -2.31. The lowest BCUT2D eigenvalue weighted by Gasteiger charge is -2.15. The average molecular weight is 417 g/mol. The third-order valence-electron chi connectivity index (χ3n) is 5.05. The van der Waals surface area contributed by atoms with Crippen molar-refractivity contribution < 1.29 is 23.8 Å². The number of hydrogen-bond acceptors (Lipinski definition) is 5. The van der Waals surface area contributed by atoms with Crippen LogP contribution in [0.25, 0.3) is 11.1 Å². The minimum Gasteiger partial charge on any atom is -0.455 e. The molecule has 0 radical (unpaired) electrons. The van der Waals surface area contributed by atoms with Crippen molar-refractivity contribution in [1.29, 1.82) is 0 Å². The molecule has 0 spiro atoms. The summed E-state index contributed by atoms with van der Waals surface area (Å²) in [6.45, 7) is 1.73. The van der Waals surface area contributed by atoms with Crippen LogP contribution in [0.1, 0.15) is 24.1 Å². The van der Waals surface area contributed by atoms with E-state index in [-0.39, 0.29) is 31.8 Å². The summed E-state index contributed by atoms with van der Waals surface area (Å²) in [5.74, 6) is 0.535. The van der Waals surface area contributed by atoms with Crippen molar-refractivity contribution in [3.05, 3.63) is 83.9 Å². The Hall–Kier alpha value is -3.80. The van der Waals surface area contributed by atoms with Crippen molar-refractivity contribution >= 4 is 11.9 Å².